The molecule has 1 amide bonds. The fourth-order valence-corrected chi connectivity index (χ4v) is 2.81. The summed E-state index contributed by atoms with van der Waals surface area (Å²) in [4.78, 5) is 25.3. The molecule has 0 unspecified atom stereocenters. The van der Waals surface area contributed by atoms with E-state index in [1.165, 1.54) is 19.2 Å². The van der Waals surface area contributed by atoms with Crippen molar-refractivity contribution in [1.29, 1.82) is 0 Å². The van der Waals surface area contributed by atoms with Gasteiger partial charge in [-0.2, -0.15) is 0 Å². The maximum absolute atomic E-state index is 12.9. The lowest BCUT2D eigenvalue weighted by molar-refractivity contribution is -0.145. The SMILES string of the molecule is COC(=O)[C@H]1CC(=O)N(c2ccc(/C=C/c3ccc(F)cc3)cc2)C1. The highest BCUT2D eigenvalue weighted by Gasteiger charge is 2.35. The van der Waals surface area contributed by atoms with Gasteiger partial charge >= 0.3 is 5.97 Å². The summed E-state index contributed by atoms with van der Waals surface area (Å²) in [6.45, 7) is 0.344. The zero-order chi connectivity index (χ0) is 17.8. The number of hydrogen-bond donors (Lipinski definition) is 0. The molecule has 1 heterocycles. The Bertz CT molecular complexity index is 797. The first-order valence-corrected chi connectivity index (χ1v) is 7.99. The average Bonchev–Trinajstić information content (AvgIpc) is 3.03. The fourth-order valence-electron chi connectivity index (χ4n) is 2.81. The molecule has 1 aliphatic rings. The number of amides is 1. The number of methoxy groups -OCH3 is 1. The molecule has 1 saturated heterocycles. The lowest BCUT2D eigenvalue weighted by Crippen LogP contribution is -2.26. The normalized spacial score (nSPS) is 17.3. The molecule has 2 aromatic carbocycles. The average molecular weight is 339 g/mol. The molecule has 2 aromatic rings. The summed E-state index contributed by atoms with van der Waals surface area (Å²) >= 11 is 0. The van der Waals surface area contributed by atoms with Crippen molar-refractivity contribution in [3.8, 4) is 0 Å². The highest BCUT2D eigenvalue weighted by molar-refractivity contribution is 5.99. The Labute approximate surface area is 145 Å². The summed E-state index contributed by atoms with van der Waals surface area (Å²) in [5.41, 5.74) is 2.63. The van der Waals surface area contributed by atoms with Crippen molar-refractivity contribution in [2.75, 3.05) is 18.6 Å². The number of halogens is 1. The van der Waals surface area contributed by atoms with Crippen LogP contribution in [-0.4, -0.2) is 25.5 Å². The van der Waals surface area contributed by atoms with Crippen molar-refractivity contribution in [2.45, 2.75) is 6.42 Å². The van der Waals surface area contributed by atoms with Crippen LogP contribution < -0.4 is 4.90 Å². The van der Waals surface area contributed by atoms with E-state index in [0.29, 0.717) is 6.54 Å². The van der Waals surface area contributed by atoms with Gasteiger partial charge in [0.2, 0.25) is 5.91 Å². The van der Waals surface area contributed by atoms with Crippen molar-refractivity contribution in [2.24, 2.45) is 5.92 Å². The molecule has 0 spiro atoms. The number of carbonyl (C=O) groups excluding carboxylic acids is 2. The van der Waals surface area contributed by atoms with Gasteiger partial charge < -0.3 is 9.64 Å². The molecular formula is C20H18FNO3. The van der Waals surface area contributed by atoms with Gasteiger partial charge in [-0.15, -0.1) is 0 Å². The molecule has 3 rings (SSSR count). The van der Waals surface area contributed by atoms with Crippen LogP contribution in [0, 0.1) is 11.7 Å². The summed E-state index contributed by atoms with van der Waals surface area (Å²) in [6, 6.07) is 13.7. The molecule has 0 bridgehead atoms. The molecule has 0 aliphatic carbocycles. The molecule has 0 saturated carbocycles. The molecule has 5 heteroatoms. The molecular weight excluding hydrogens is 321 g/mol. The van der Waals surface area contributed by atoms with Gasteiger partial charge in [0, 0.05) is 18.7 Å². The van der Waals surface area contributed by atoms with Gasteiger partial charge in [0.05, 0.1) is 13.0 Å². The highest BCUT2D eigenvalue weighted by Crippen LogP contribution is 2.26. The number of carbonyl (C=O) groups is 2. The van der Waals surface area contributed by atoms with Crippen LogP contribution in [0.25, 0.3) is 12.2 Å². The first-order valence-electron chi connectivity index (χ1n) is 7.99. The van der Waals surface area contributed by atoms with Crippen molar-refractivity contribution >= 4 is 29.7 Å². The van der Waals surface area contributed by atoms with Gasteiger partial charge in [0.1, 0.15) is 5.82 Å². The topological polar surface area (TPSA) is 46.6 Å². The summed E-state index contributed by atoms with van der Waals surface area (Å²) in [5, 5.41) is 0. The van der Waals surface area contributed by atoms with Gasteiger partial charge in [-0.1, -0.05) is 36.4 Å². The van der Waals surface area contributed by atoms with Gasteiger partial charge in [-0.25, -0.2) is 4.39 Å². The van der Waals surface area contributed by atoms with Gasteiger partial charge in [0.15, 0.2) is 0 Å². The molecule has 4 nitrogen and oxygen atoms in total. The third-order valence-corrected chi connectivity index (χ3v) is 4.20. The summed E-state index contributed by atoms with van der Waals surface area (Å²) in [5.74, 6) is -1.10. The van der Waals surface area contributed by atoms with E-state index in [2.05, 4.69) is 0 Å². The minimum atomic E-state index is -0.407. The molecule has 128 valence electrons. The predicted molar refractivity (Wildman–Crippen MR) is 94.2 cm³/mol. The molecule has 0 N–H and O–H groups in total. The molecule has 0 aromatic heterocycles. The van der Waals surface area contributed by atoms with E-state index in [-0.39, 0.29) is 24.1 Å². The second kappa shape index (κ2) is 7.30. The third-order valence-electron chi connectivity index (χ3n) is 4.20. The number of ether oxygens (including phenoxy) is 1. The van der Waals surface area contributed by atoms with Crippen molar-refractivity contribution in [3.63, 3.8) is 0 Å². The minimum Gasteiger partial charge on any atom is -0.469 e. The smallest absolute Gasteiger partial charge is 0.311 e. The van der Waals surface area contributed by atoms with E-state index in [4.69, 9.17) is 4.74 Å². The minimum absolute atomic E-state index is 0.0787. The van der Waals surface area contributed by atoms with Crippen LogP contribution in [-0.2, 0) is 14.3 Å². The lowest BCUT2D eigenvalue weighted by Gasteiger charge is -2.16. The summed E-state index contributed by atoms with van der Waals surface area (Å²) < 4.78 is 17.6. The molecule has 25 heavy (non-hydrogen) atoms. The highest BCUT2D eigenvalue weighted by atomic mass is 19.1. The van der Waals surface area contributed by atoms with Crippen LogP contribution in [0.1, 0.15) is 17.5 Å². The maximum atomic E-state index is 12.9. The monoisotopic (exact) mass is 339 g/mol. The maximum Gasteiger partial charge on any atom is 0.311 e. The molecule has 1 fully saturated rings. The Kier molecular flexibility index (Phi) is 4.93. The lowest BCUT2D eigenvalue weighted by atomic mass is 10.1. The first kappa shape index (κ1) is 16.9. The fraction of sp³-hybridized carbons (Fsp3) is 0.200. The largest absolute Gasteiger partial charge is 0.469 e. The van der Waals surface area contributed by atoms with E-state index in [0.717, 1.165) is 16.8 Å². The number of anilines is 1. The Morgan fingerprint density at radius 1 is 1.08 bits per heavy atom. The van der Waals surface area contributed by atoms with Gasteiger partial charge in [0.25, 0.3) is 0 Å². The van der Waals surface area contributed by atoms with Crippen LogP contribution >= 0.6 is 0 Å². The predicted octanol–water partition coefficient (Wildman–Crippen LogP) is 3.52. The Hall–Kier alpha value is -2.95. The van der Waals surface area contributed by atoms with Crippen LogP contribution in [0.2, 0.25) is 0 Å². The Balaban J connectivity index is 1.69. The summed E-state index contributed by atoms with van der Waals surface area (Å²) in [7, 11) is 1.33. The second-order valence-corrected chi connectivity index (χ2v) is 5.90. The van der Waals surface area contributed by atoms with Crippen LogP contribution in [0.4, 0.5) is 10.1 Å². The van der Waals surface area contributed by atoms with Crippen molar-refractivity contribution < 1.29 is 18.7 Å². The van der Waals surface area contributed by atoms with Crippen molar-refractivity contribution in [1.82, 2.24) is 0 Å². The zero-order valence-corrected chi connectivity index (χ0v) is 13.8. The second-order valence-electron chi connectivity index (χ2n) is 5.90. The van der Waals surface area contributed by atoms with E-state index in [1.807, 2.05) is 36.4 Å². The van der Waals surface area contributed by atoms with Gasteiger partial charge in [-0.05, 0) is 35.4 Å². The Morgan fingerprint density at radius 3 is 2.20 bits per heavy atom. The number of hydrogen-bond acceptors (Lipinski definition) is 3. The molecule has 0 radical (unpaired) electrons. The summed E-state index contributed by atoms with van der Waals surface area (Å²) in [6.07, 6.45) is 3.99. The van der Waals surface area contributed by atoms with E-state index in [9.17, 15) is 14.0 Å². The molecule has 1 atom stereocenters. The number of esters is 1. The Morgan fingerprint density at radius 2 is 1.64 bits per heavy atom. The number of rotatable bonds is 4. The van der Waals surface area contributed by atoms with Crippen LogP contribution in [0.5, 0.6) is 0 Å². The quantitative estimate of drug-likeness (QED) is 0.632. The molecule has 1 aliphatic heterocycles. The zero-order valence-electron chi connectivity index (χ0n) is 13.8. The van der Waals surface area contributed by atoms with Gasteiger partial charge in [-0.3, -0.25) is 9.59 Å². The van der Waals surface area contributed by atoms with Crippen molar-refractivity contribution in [3.05, 3.63) is 65.5 Å². The standard InChI is InChI=1S/C20H18FNO3/c1-25-20(24)16-12-19(23)22(13-16)18-10-6-15(7-11-18)3-2-14-4-8-17(21)9-5-14/h2-11,16H,12-13H2,1H3/b3-2+/t16-/m0/s1. The van der Waals surface area contributed by atoms with E-state index in [1.54, 1.807) is 17.0 Å². The van der Waals surface area contributed by atoms with Crippen LogP contribution in [0.15, 0.2) is 48.5 Å². The number of nitrogens with zero attached hydrogens (tertiary/aromatic N) is 1. The van der Waals surface area contributed by atoms with E-state index >= 15 is 0 Å². The van der Waals surface area contributed by atoms with Crippen LogP contribution in [0.3, 0.4) is 0 Å². The van der Waals surface area contributed by atoms with E-state index < -0.39 is 5.92 Å². The third kappa shape index (κ3) is 3.94. The first-order chi connectivity index (χ1) is 12.1. The number of benzene rings is 2.